The number of hydrogen-bond donors (Lipinski definition) is 1. The molecular weight excluding hydrogens is 134 g/mol. The van der Waals surface area contributed by atoms with Crippen LogP contribution in [0.1, 0.15) is 24.1 Å². The maximum Gasteiger partial charge on any atom is 0.0266 e. The van der Waals surface area contributed by atoms with Crippen molar-refractivity contribution in [3.05, 3.63) is 42.0 Å². The molecule has 1 aromatic carbocycles. The lowest BCUT2D eigenvalue weighted by Gasteiger charge is -2.04. The van der Waals surface area contributed by atoms with E-state index in [0.717, 1.165) is 11.1 Å². The maximum absolute atomic E-state index is 5.68. The SMILES string of the molecule is C=Cc1ccc([C@H](C)N)cc1. The lowest BCUT2D eigenvalue weighted by molar-refractivity contribution is 0.818. The van der Waals surface area contributed by atoms with E-state index in [1.807, 2.05) is 37.3 Å². The average molecular weight is 147 g/mol. The lowest BCUT2D eigenvalue weighted by atomic mass is 10.1. The predicted molar refractivity (Wildman–Crippen MR) is 49.1 cm³/mol. The van der Waals surface area contributed by atoms with Crippen LogP contribution in [0.4, 0.5) is 0 Å². The molecule has 0 bridgehead atoms. The zero-order chi connectivity index (χ0) is 8.27. The van der Waals surface area contributed by atoms with Gasteiger partial charge < -0.3 is 5.73 Å². The minimum Gasteiger partial charge on any atom is -0.324 e. The summed E-state index contributed by atoms with van der Waals surface area (Å²) >= 11 is 0. The highest BCUT2D eigenvalue weighted by Crippen LogP contribution is 2.10. The van der Waals surface area contributed by atoms with Crippen LogP contribution in [-0.2, 0) is 0 Å². The van der Waals surface area contributed by atoms with Crippen LogP contribution in [0, 0.1) is 0 Å². The van der Waals surface area contributed by atoms with Gasteiger partial charge in [0.05, 0.1) is 0 Å². The zero-order valence-corrected chi connectivity index (χ0v) is 6.75. The van der Waals surface area contributed by atoms with E-state index in [-0.39, 0.29) is 6.04 Å². The van der Waals surface area contributed by atoms with Crippen molar-refractivity contribution in [3.63, 3.8) is 0 Å². The molecule has 0 spiro atoms. The Morgan fingerprint density at radius 2 is 1.91 bits per heavy atom. The summed E-state index contributed by atoms with van der Waals surface area (Å²) in [5, 5.41) is 0. The van der Waals surface area contributed by atoms with Crippen molar-refractivity contribution in [3.8, 4) is 0 Å². The van der Waals surface area contributed by atoms with Gasteiger partial charge >= 0.3 is 0 Å². The predicted octanol–water partition coefficient (Wildman–Crippen LogP) is 2.35. The summed E-state index contributed by atoms with van der Waals surface area (Å²) in [6.07, 6.45) is 1.82. The van der Waals surface area contributed by atoms with Crippen molar-refractivity contribution < 1.29 is 0 Å². The first-order valence-corrected chi connectivity index (χ1v) is 3.72. The Balaban J connectivity index is 2.91. The minimum atomic E-state index is 0.119. The van der Waals surface area contributed by atoms with Gasteiger partial charge in [0.25, 0.3) is 0 Å². The molecule has 1 aromatic rings. The smallest absolute Gasteiger partial charge is 0.0266 e. The molecule has 0 aliphatic carbocycles. The van der Waals surface area contributed by atoms with Crippen molar-refractivity contribution in [1.82, 2.24) is 0 Å². The molecule has 0 saturated carbocycles. The molecule has 1 rings (SSSR count). The Kier molecular flexibility index (Phi) is 2.44. The molecule has 0 saturated heterocycles. The Bertz CT molecular complexity index is 234. The third-order valence-electron chi connectivity index (χ3n) is 1.70. The Morgan fingerprint density at radius 1 is 1.36 bits per heavy atom. The van der Waals surface area contributed by atoms with Crippen LogP contribution in [0.15, 0.2) is 30.8 Å². The fourth-order valence-electron chi connectivity index (χ4n) is 0.936. The molecule has 1 heteroatoms. The van der Waals surface area contributed by atoms with Gasteiger partial charge in [0.15, 0.2) is 0 Å². The second-order valence-corrected chi connectivity index (χ2v) is 2.66. The van der Waals surface area contributed by atoms with Crippen LogP contribution in [-0.4, -0.2) is 0 Å². The minimum absolute atomic E-state index is 0.119. The summed E-state index contributed by atoms with van der Waals surface area (Å²) in [5.41, 5.74) is 7.98. The highest BCUT2D eigenvalue weighted by molar-refractivity contribution is 5.47. The van der Waals surface area contributed by atoms with Crippen LogP contribution in [0.25, 0.3) is 6.08 Å². The van der Waals surface area contributed by atoms with Crippen LogP contribution in [0.5, 0.6) is 0 Å². The van der Waals surface area contributed by atoms with E-state index < -0.39 is 0 Å². The molecule has 0 amide bonds. The van der Waals surface area contributed by atoms with Gasteiger partial charge in [0, 0.05) is 6.04 Å². The molecule has 58 valence electrons. The summed E-state index contributed by atoms with van der Waals surface area (Å²) in [5.74, 6) is 0. The third-order valence-corrected chi connectivity index (χ3v) is 1.70. The summed E-state index contributed by atoms with van der Waals surface area (Å²) in [6, 6.07) is 8.22. The summed E-state index contributed by atoms with van der Waals surface area (Å²) < 4.78 is 0. The molecule has 0 aliphatic rings. The first kappa shape index (κ1) is 8.02. The topological polar surface area (TPSA) is 26.0 Å². The number of nitrogens with two attached hydrogens (primary N) is 1. The van der Waals surface area contributed by atoms with Crippen LogP contribution in [0.2, 0.25) is 0 Å². The van der Waals surface area contributed by atoms with Gasteiger partial charge in [-0.25, -0.2) is 0 Å². The van der Waals surface area contributed by atoms with E-state index in [2.05, 4.69) is 6.58 Å². The van der Waals surface area contributed by atoms with Crippen molar-refractivity contribution in [2.45, 2.75) is 13.0 Å². The second-order valence-electron chi connectivity index (χ2n) is 2.66. The monoisotopic (exact) mass is 147 g/mol. The zero-order valence-electron chi connectivity index (χ0n) is 6.75. The van der Waals surface area contributed by atoms with Crippen LogP contribution >= 0.6 is 0 Å². The highest BCUT2D eigenvalue weighted by atomic mass is 14.6. The first-order chi connectivity index (χ1) is 5.24. The van der Waals surface area contributed by atoms with Crippen molar-refractivity contribution in [2.24, 2.45) is 5.73 Å². The largest absolute Gasteiger partial charge is 0.324 e. The van der Waals surface area contributed by atoms with Gasteiger partial charge in [-0.2, -0.15) is 0 Å². The molecule has 0 radical (unpaired) electrons. The fraction of sp³-hybridized carbons (Fsp3) is 0.200. The number of benzene rings is 1. The highest BCUT2D eigenvalue weighted by Gasteiger charge is 1.96. The van der Waals surface area contributed by atoms with E-state index >= 15 is 0 Å². The Morgan fingerprint density at radius 3 is 2.27 bits per heavy atom. The van der Waals surface area contributed by atoms with E-state index in [1.165, 1.54) is 0 Å². The molecule has 0 fully saturated rings. The van der Waals surface area contributed by atoms with Gasteiger partial charge in [-0.05, 0) is 18.1 Å². The molecule has 2 N–H and O–H groups in total. The molecule has 1 atom stereocenters. The van der Waals surface area contributed by atoms with E-state index in [1.54, 1.807) is 0 Å². The van der Waals surface area contributed by atoms with Gasteiger partial charge in [-0.3, -0.25) is 0 Å². The third kappa shape index (κ3) is 1.92. The summed E-state index contributed by atoms with van der Waals surface area (Å²) in [4.78, 5) is 0. The molecule has 0 unspecified atom stereocenters. The van der Waals surface area contributed by atoms with Gasteiger partial charge in [-0.15, -0.1) is 0 Å². The molecular formula is C10H13N. The molecule has 1 nitrogen and oxygen atoms in total. The number of hydrogen-bond acceptors (Lipinski definition) is 1. The summed E-state index contributed by atoms with van der Waals surface area (Å²) in [7, 11) is 0. The molecule has 0 heterocycles. The van der Waals surface area contributed by atoms with Crippen LogP contribution < -0.4 is 5.73 Å². The summed E-state index contributed by atoms with van der Waals surface area (Å²) in [6.45, 7) is 5.65. The second kappa shape index (κ2) is 3.35. The molecule has 11 heavy (non-hydrogen) atoms. The van der Waals surface area contributed by atoms with Gasteiger partial charge in [0.1, 0.15) is 0 Å². The molecule has 0 aliphatic heterocycles. The van der Waals surface area contributed by atoms with Crippen molar-refractivity contribution in [2.75, 3.05) is 0 Å². The molecule has 0 aromatic heterocycles. The van der Waals surface area contributed by atoms with Gasteiger partial charge in [0.2, 0.25) is 0 Å². The van der Waals surface area contributed by atoms with E-state index in [4.69, 9.17) is 5.73 Å². The Labute approximate surface area is 67.5 Å². The Hall–Kier alpha value is -1.08. The van der Waals surface area contributed by atoms with E-state index in [0.29, 0.717) is 0 Å². The number of rotatable bonds is 2. The van der Waals surface area contributed by atoms with Crippen LogP contribution in [0.3, 0.4) is 0 Å². The average Bonchev–Trinajstić information content (AvgIpc) is 2.05. The first-order valence-electron chi connectivity index (χ1n) is 3.72. The van der Waals surface area contributed by atoms with Crippen molar-refractivity contribution >= 4 is 6.08 Å². The standard InChI is InChI=1S/C10H13N/c1-3-9-4-6-10(7-5-9)8(2)11/h3-8H,1,11H2,2H3/t8-/m0/s1. The van der Waals surface area contributed by atoms with Crippen molar-refractivity contribution in [1.29, 1.82) is 0 Å². The van der Waals surface area contributed by atoms with E-state index in [9.17, 15) is 0 Å². The van der Waals surface area contributed by atoms with Gasteiger partial charge in [-0.1, -0.05) is 36.9 Å². The lowest BCUT2D eigenvalue weighted by Crippen LogP contribution is -2.04. The fourth-order valence-corrected chi connectivity index (χ4v) is 0.936. The maximum atomic E-state index is 5.68. The quantitative estimate of drug-likeness (QED) is 0.682. The normalized spacial score (nSPS) is 12.5.